The second-order valence-corrected chi connectivity index (χ2v) is 6.51. The van der Waals surface area contributed by atoms with Gasteiger partial charge in [-0.15, -0.1) is 21.5 Å². The van der Waals surface area contributed by atoms with Crippen LogP contribution in [0.25, 0.3) is 22.7 Å². The molecule has 4 aromatic rings. The minimum absolute atomic E-state index is 0.161. The van der Waals surface area contributed by atoms with E-state index in [9.17, 15) is 9.18 Å². The average molecular weight is 396 g/mol. The molecule has 0 radical (unpaired) electrons. The number of anilines is 1. The number of halogens is 1. The van der Waals surface area contributed by atoms with E-state index < -0.39 is 0 Å². The predicted molar refractivity (Wildman–Crippen MR) is 101 cm³/mol. The minimum atomic E-state index is -0.332. The number of benzene rings is 2. The largest absolute Gasteiger partial charge is 0.484 e. The molecule has 0 aliphatic carbocycles. The molecule has 0 aliphatic heterocycles. The Bertz CT molecular complexity index is 1060. The van der Waals surface area contributed by atoms with E-state index in [-0.39, 0.29) is 18.3 Å². The number of hydrogen-bond acceptors (Lipinski definition) is 7. The second-order valence-electron chi connectivity index (χ2n) is 5.65. The number of hydrogen-bond donors (Lipinski definition) is 1. The maximum absolute atomic E-state index is 13.0. The van der Waals surface area contributed by atoms with Gasteiger partial charge in [0.2, 0.25) is 12.3 Å². The van der Waals surface area contributed by atoms with Crippen molar-refractivity contribution in [1.29, 1.82) is 0 Å². The van der Waals surface area contributed by atoms with E-state index in [0.717, 1.165) is 11.1 Å². The van der Waals surface area contributed by atoms with Crippen molar-refractivity contribution >= 4 is 22.4 Å². The van der Waals surface area contributed by atoms with E-state index in [1.165, 1.54) is 29.9 Å². The number of rotatable bonds is 6. The molecule has 7 nitrogen and oxygen atoms in total. The van der Waals surface area contributed by atoms with Gasteiger partial charge in [-0.25, -0.2) is 9.37 Å². The van der Waals surface area contributed by atoms with Crippen LogP contribution in [0.1, 0.15) is 0 Å². The summed E-state index contributed by atoms with van der Waals surface area (Å²) >= 11 is 1.28. The summed E-state index contributed by atoms with van der Waals surface area (Å²) in [5, 5.41) is 12.4. The Morgan fingerprint density at radius 2 is 1.86 bits per heavy atom. The van der Waals surface area contributed by atoms with Gasteiger partial charge < -0.3 is 9.15 Å². The molecule has 0 unspecified atom stereocenters. The van der Waals surface area contributed by atoms with Gasteiger partial charge in [-0.2, -0.15) is 0 Å². The molecule has 0 fully saturated rings. The normalized spacial score (nSPS) is 10.6. The lowest BCUT2D eigenvalue weighted by Crippen LogP contribution is -2.20. The van der Waals surface area contributed by atoms with Crippen LogP contribution in [0.3, 0.4) is 0 Å². The molecule has 0 saturated heterocycles. The quantitative estimate of drug-likeness (QED) is 0.529. The van der Waals surface area contributed by atoms with E-state index in [1.807, 2.05) is 0 Å². The van der Waals surface area contributed by atoms with Crippen molar-refractivity contribution in [3.63, 3.8) is 0 Å². The zero-order valence-corrected chi connectivity index (χ0v) is 15.1. The first kappa shape index (κ1) is 17.8. The van der Waals surface area contributed by atoms with Crippen LogP contribution in [0.4, 0.5) is 9.52 Å². The number of carbonyl (C=O) groups is 1. The van der Waals surface area contributed by atoms with Crippen molar-refractivity contribution in [2.75, 3.05) is 11.9 Å². The van der Waals surface area contributed by atoms with Crippen molar-refractivity contribution in [1.82, 2.24) is 15.2 Å². The van der Waals surface area contributed by atoms with E-state index >= 15 is 0 Å². The molecule has 4 rings (SSSR count). The predicted octanol–water partition coefficient (Wildman–Crippen LogP) is 4.02. The molecule has 1 N–H and O–H groups in total. The van der Waals surface area contributed by atoms with Crippen LogP contribution in [0.2, 0.25) is 0 Å². The van der Waals surface area contributed by atoms with E-state index in [0.29, 0.717) is 22.5 Å². The SMILES string of the molecule is O=C(COc1ccc(-c2nnco2)cc1)Nc1nc(-c2ccc(F)cc2)cs1. The van der Waals surface area contributed by atoms with Gasteiger partial charge in [0.05, 0.1) is 5.69 Å². The Labute approximate surface area is 162 Å². The highest BCUT2D eigenvalue weighted by molar-refractivity contribution is 7.14. The molecule has 2 heterocycles. The zero-order chi connectivity index (χ0) is 19.3. The Hall–Kier alpha value is -3.59. The topological polar surface area (TPSA) is 90.1 Å². The van der Waals surface area contributed by atoms with Gasteiger partial charge in [0, 0.05) is 16.5 Å². The first-order chi connectivity index (χ1) is 13.7. The van der Waals surface area contributed by atoms with Gasteiger partial charge in [0.1, 0.15) is 11.6 Å². The summed E-state index contributed by atoms with van der Waals surface area (Å²) in [7, 11) is 0. The fourth-order valence-corrected chi connectivity index (χ4v) is 3.12. The maximum Gasteiger partial charge on any atom is 0.264 e. The zero-order valence-electron chi connectivity index (χ0n) is 14.3. The molecule has 0 bridgehead atoms. The minimum Gasteiger partial charge on any atom is -0.484 e. The van der Waals surface area contributed by atoms with Gasteiger partial charge in [-0.1, -0.05) is 0 Å². The Balaban J connectivity index is 1.32. The van der Waals surface area contributed by atoms with Crippen LogP contribution < -0.4 is 10.1 Å². The molecule has 2 aromatic heterocycles. The Morgan fingerprint density at radius 1 is 1.11 bits per heavy atom. The van der Waals surface area contributed by atoms with Crippen molar-refractivity contribution in [2.45, 2.75) is 0 Å². The van der Waals surface area contributed by atoms with Gasteiger partial charge in [-0.3, -0.25) is 10.1 Å². The van der Waals surface area contributed by atoms with Crippen molar-refractivity contribution in [3.8, 4) is 28.5 Å². The smallest absolute Gasteiger partial charge is 0.264 e. The number of ether oxygens (including phenoxy) is 1. The summed E-state index contributed by atoms with van der Waals surface area (Å²) in [6.45, 7) is -0.161. The number of carbonyl (C=O) groups excluding carboxylic acids is 1. The van der Waals surface area contributed by atoms with E-state index in [1.54, 1.807) is 41.8 Å². The first-order valence-electron chi connectivity index (χ1n) is 8.18. The molecule has 9 heteroatoms. The van der Waals surface area contributed by atoms with Crippen LogP contribution in [0.5, 0.6) is 5.75 Å². The number of amides is 1. The number of nitrogens with one attached hydrogen (secondary N) is 1. The van der Waals surface area contributed by atoms with Crippen molar-refractivity contribution in [2.24, 2.45) is 0 Å². The number of thiazole rings is 1. The second kappa shape index (κ2) is 7.97. The van der Waals surface area contributed by atoms with E-state index in [4.69, 9.17) is 9.15 Å². The standard InChI is InChI=1S/C19H13FN4O3S/c20-14-5-1-12(2-6-14)16-10-28-19(22-16)23-17(25)9-26-15-7-3-13(4-8-15)18-24-21-11-27-18/h1-8,10-11H,9H2,(H,22,23,25). The highest BCUT2D eigenvalue weighted by atomic mass is 32.1. The van der Waals surface area contributed by atoms with Crippen LogP contribution >= 0.6 is 11.3 Å². The highest BCUT2D eigenvalue weighted by Crippen LogP contribution is 2.25. The average Bonchev–Trinajstić information content (AvgIpc) is 3.40. The molecule has 140 valence electrons. The lowest BCUT2D eigenvalue weighted by molar-refractivity contribution is -0.118. The summed E-state index contributed by atoms with van der Waals surface area (Å²) in [5.74, 6) is 0.297. The van der Waals surface area contributed by atoms with Gasteiger partial charge in [0.25, 0.3) is 5.91 Å². The lowest BCUT2D eigenvalue weighted by Gasteiger charge is -2.06. The summed E-state index contributed by atoms with van der Waals surface area (Å²) < 4.78 is 23.6. The molecular formula is C19H13FN4O3S. The third-order valence-electron chi connectivity index (χ3n) is 3.72. The Morgan fingerprint density at radius 3 is 2.57 bits per heavy atom. The lowest BCUT2D eigenvalue weighted by atomic mass is 10.2. The fourth-order valence-electron chi connectivity index (χ4n) is 2.38. The van der Waals surface area contributed by atoms with Gasteiger partial charge in [0.15, 0.2) is 11.7 Å². The molecule has 2 aromatic carbocycles. The van der Waals surface area contributed by atoms with Gasteiger partial charge >= 0.3 is 0 Å². The number of nitrogens with zero attached hydrogens (tertiary/aromatic N) is 3. The third-order valence-corrected chi connectivity index (χ3v) is 4.48. The molecule has 28 heavy (non-hydrogen) atoms. The Kier molecular flexibility index (Phi) is 5.07. The molecule has 0 spiro atoms. The van der Waals surface area contributed by atoms with Crippen LogP contribution in [0, 0.1) is 5.82 Å². The van der Waals surface area contributed by atoms with E-state index in [2.05, 4.69) is 20.5 Å². The maximum atomic E-state index is 13.0. The monoisotopic (exact) mass is 396 g/mol. The van der Waals surface area contributed by atoms with Gasteiger partial charge in [-0.05, 0) is 48.5 Å². The van der Waals surface area contributed by atoms with Crippen molar-refractivity contribution in [3.05, 3.63) is 66.1 Å². The first-order valence-corrected chi connectivity index (χ1v) is 9.06. The van der Waals surface area contributed by atoms with Crippen LogP contribution in [-0.4, -0.2) is 27.7 Å². The summed E-state index contributed by atoms with van der Waals surface area (Å²) in [6.07, 6.45) is 1.25. The fraction of sp³-hybridized carbons (Fsp3) is 0.0526. The number of aromatic nitrogens is 3. The summed E-state index contributed by atoms with van der Waals surface area (Å²) in [4.78, 5) is 16.4. The van der Waals surface area contributed by atoms with Crippen LogP contribution in [0.15, 0.2) is 64.7 Å². The van der Waals surface area contributed by atoms with Crippen molar-refractivity contribution < 1.29 is 18.3 Å². The summed E-state index contributed by atoms with van der Waals surface area (Å²) in [6, 6.07) is 12.9. The summed E-state index contributed by atoms with van der Waals surface area (Å²) in [5.41, 5.74) is 2.19. The van der Waals surface area contributed by atoms with Crippen LogP contribution in [-0.2, 0) is 4.79 Å². The molecule has 0 saturated carbocycles. The molecule has 0 atom stereocenters. The molecule has 1 amide bonds. The molecular weight excluding hydrogens is 383 g/mol. The molecule has 0 aliphatic rings. The highest BCUT2D eigenvalue weighted by Gasteiger charge is 2.10. The third kappa shape index (κ3) is 4.21.